The van der Waals surface area contributed by atoms with Crippen LogP contribution in [0.5, 0.6) is 0 Å². The number of hydrogen-bond acceptors (Lipinski definition) is 3. The van der Waals surface area contributed by atoms with Crippen LogP contribution < -0.4 is 0 Å². The summed E-state index contributed by atoms with van der Waals surface area (Å²) in [4.78, 5) is 23.2. The number of esters is 1. The third-order valence-corrected chi connectivity index (χ3v) is 8.88. The molecule has 0 aromatic carbocycles. The number of carboxylic acids is 1. The summed E-state index contributed by atoms with van der Waals surface area (Å²) < 4.78 is 6.01. The molecule has 0 aromatic heterocycles. The van der Waals surface area contributed by atoms with Crippen molar-refractivity contribution in [2.24, 2.45) is 0 Å². The Kier molecular flexibility index (Phi) is 36.1. The Morgan fingerprint density at radius 2 is 0.913 bits per heavy atom. The second-order valence-corrected chi connectivity index (χ2v) is 13.4. The second kappa shape index (κ2) is 37.6. The van der Waals surface area contributed by atoms with E-state index in [0.717, 1.165) is 57.8 Å². The van der Waals surface area contributed by atoms with Crippen molar-refractivity contribution in [2.45, 2.75) is 219 Å². The summed E-state index contributed by atoms with van der Waals surface area (Å²) in [5.74, 6) is -0.644. The van der Waals surface area contributed by atoms with Crippen LogP contribution in [-0.4, -0.2) is 23.1 Å². The van der Waals surface area contributed by atoms with E-state index in [1.165, 1.54) is 128 Å². The topological polar surface area (TPSA) is 63.6 Å². The molecule has 4 nitrogen and oxygen atoms in total. The fourth-order valence-electron chi connectivity index (χ4n) is 5.96. The summed E-state index contributed by atoms with van der Waals surface area (Å²) in [5.41, 5.74) is 0. The number of rotatable bonds is 36. The molecule has 0 saturated heterocycles. The minimum atomic E-state index is -0.673. The number of carbonyl (C=O) groups is 2. The van der Waals surface area contributed by atoms with E-state index >= 15 is 0 Å². The summed E-state index contributed by atoms with van der Waals surface area (Å²) in [7, 11) is 0. The van der Waals surface area contributed by atoms with Gasteiger partial charge in [-0.05, 0) is 70.6 Å². The number of hydrogen-bond donors (Lipinski definition) is 1. The van der Waals surface area contributed by atoms with Gasteiger partial charge in [0.15, 0.2) is 0 Å². The quantitative estimate of drug-likeness (QED) is 0.0419. The van der Waals surface area contributed by atoms with Crippen LogP contribution in [0.25, 0.3) is 0 Å². The van der Waals surface area contributed by atoms with Gasteiger partial charge in [-0.15, -0.1) is 0 Å². The molecule has 0 aliphatic heterocycles. The van der Waals surface area contributed by atoms with Gasteiger partial charge in [0.05, 0.1) is 0 Å². The van der Waals surface area contributed by atoms with Crippen LogP contribution in [0.15, 0.2) is 36.5 Å². The first-order valence-electron chi connectivity index (χ1n) is 20.0. The van der Waals surface area contributed by atoms with Gasteiger partial charge in [0, 0.05) is 12.8 Å². The van der Waals surface area contributed by atoms with Crippen molar-refractivity contribution in [1.29, 1.82) is 0 Å². The molecule has 0 aliphatic rings. The van der Waals surface area contributed by atoms with Crippen LogP contribution in [0.4, 0.5) is 0 Å². The molecule has 1 atom stereocenters. The largest absolute Gasteiger partial charge is 0.481 e. The van der Waals surface area contributed by atoms with Gasteiger partial charge in [-0.25, -0.2) is 0 Å². The number of aliphatic carboxylic acids is 1. The number of ether oxygens (including phenoxy) is 1. The average Bonchev–Trinajstić information content (AvgIpc) is 3.04. The molecule has 1 N–H and O–H groups in total. The molecule has 0 fully saturated rings. The van der Waals surface area contributed by atoms with E-state index in [2.05, 4.69) is 50.3 Å². The lowest BCUT2D eigenvalue weighted by Gasteiger charge is -2.18. The molecule has 0 spiro atoms. The predicted molar refractivity (Wildman–Crippen MR) is 199 cm³/mol. The van der Waals surface area contributed by atoms with Crippen LogP contribution in [0.2, 0.25) is 0 Å². The van der Waals surface area contributed by atoms with E-state index in [9.17, 15) is 9.59 Å². The van der Waals surface area contributed by atoms with Gasteiger partial charge < -0.3 is 9.84 Å². The fourth-order valence-corrected chi connectivity index (χ4v) is 5.96. The third kappa shape index (κ3) is 36.6. The molecule has 0 rings (SSSR count). The summed E-state index contributed by atoms with van der Waals surface area (Å²) in [6.07, 6.45) is 49.0. The van der Waals surface area contributed by atoms with Crippen molar-refractivity contribution in [1.82, 2.24) is 0 Å². The Morgan fingerprint density at radius 1 is 0.500 bits per heavy atom. The van der Waals surface area contributed by atoms with Crippen LogP contribution in [-0.2, 0) is 14.3 Å². The Hall–Kier alpha value is -1.84. The molecule has 0 aromatic rings. The van der Waals surface area contributed by atoms with Gasteiger partial charge in [-0.2, -0.15) is 0 Å². The maximum Gasteiger partial charge on any atom is 0.306 e. The zero-order valence-electron chi connectivity index (χ0n) is 30.6. The fraction of sp³-hybridized carbons (Fsp3) is 0.810. The average molecular weight is 645 g/mol. The van der Waals surface area contributed by atoms with Crippen LogP contribution in [0.1, 0.15) is 213 Å². The first-order chi connectivity index (χ1) is 22.6. The highest BCUT2D eigenvalue weighted by atomic mass is 16.5. The number of unbranched alkanes of at least 4 members (excludes halogenated alkanes) is 21. The van der Waals surface area contributed by atoms with E-state index in [1.54, 1.807) is 0 Å². The number of carbonyl (C=O) groups excluding carboxylic acids is 1. The molecule has 46 heavy (non-hydrogen) atoms. The normalized spacial score (nSPS) is 12.6. The minimum absolute atomic E-state index is 0.0283. The highest BCUT2D eigenvalue weighted by Crippen LogP contribution is 2.19. The molecule has 0 saturated carbocycles. The SMILES string of the molecule is CC/C=C\C/C=C\C/C=C\CCCCCCCCCC(=O)OC(CCCCCCC)CCCCCCCCCCCCCC(=O)O. The van der Waals surface area contributed by atoms with Crippen molar-refractivity contribution in [3.05, 3.63) is 36.5 Å². The monoisotopic (exact) mass is 645 g/mol. The molecular formula is C42H76O4. The van der Waals surface area contributed by atoms with Crippen LogP contribution in [0.3, 0.4) is 0 Å². The second-order valence-electron chi connectivity index (χ2n) is 13.4. The highest BCUT2D eigenvalue weighted by molar-refractivity contribution is 5.69. The van der Waals surface area contributed by atoms with Gasteiger partial charge >= 0.3 is 11.9 Å². The van der Waals surface area contributed by atoms with Crippen molar-refractivity contribution in [3.63, 3.8) is 0 Å². The molecule has 0 bridgehead atoms. The van der Waals surface area contributed by atoms with Gasteiger partial charge in [-0.3, -0.25) is 9.59 Å². The summed E-state index contributed by atoms with van der Waals surface area (Å²) in [6, 6.07) is 0. The summed E-state index contributed by atoms with van der Waals surface area (Å²) in [5, 5.41) is 8.70. The van der Waals surface area contributed by atoms with Crippen molar-refractivity contribution in [3.8, 4) is 0 Å². The lowest BCUT2D eigenvalue weighted by Crippen LogP contribution is -2.18. The first-order valence-corrected chi connectivity index (χ1v) is 20.0. The first kappa shape index (κ1) is 44.2. The summed E-state index contributed by atoms with van der Waals surface area (Å²) in [6.45, 7) is 4.42. The minimum Gasteiger partial charge on any atom is -0.481 e. The Balaban J connectivity index is 3.88. The lowest BCUT2D eigenvalue weighted by molar-refractivity contribution is -0.150. The van der Waals surface area contributed by atoms with Gasteiger partial charge in [0.25, 0.3) is 0 Å². The molecule has 0 amide bonds. The standard InChI is InChI=1S/C42H76O4/c1-3-5-7-9-10-11-12-13-14-15-16-17-21-24-27-31-35-39-42(45)46-40(36-32-28-8-6-4-2)37-33-29-25-22-19-18-20-23-26-30-34-38-41(43)44/h5,7,10-11,13-14,40H,3-4,6,8-9,12,15-39H2,1-2H3,(H,43,44)/b7-5-,11-10-,14-13-. The van der Waals surface area contributed by atoms with Crippen molar-refractivity contribution < 1.29 is 19.4 Å². The number of allylic oxidation sites excluding steroid dienone is 6. The molecule has 0 heterocycles. The van der Waals surface area contributed by atoms with Crippen LogP contribution >= 0.6 is 0 Å². The predicted octanol–water partition coefficient (Wildman–Crippen LogP) is 13.8. The third-order valence-electron chi connectivity index (χ3n) is 8.88. The van der Waals surface area contributed by atoms with Crippen molar-refractivity contribution >= 4 is 11.9 Å². The van der Waals surface area contributed by atoms with E-state index in [-0.39, 0.29) is 12.1 Å². The van der Waals surface area contributed by atoms with Gasteiger partial charge in [0.2, 0.25) is 0 Å². The number of carboxylic acid groups (broad SMARTS) is 1. The molecule has 1 unspecified atom stereocenters. The van der Waals surface area contributed by atoms with Crippen LogP contribution in [0, 0.1) is 0 Å². The Bertz CT molecular complexity index is 738. The molecular weight excluding hydrogens is 568 g/mol. The molecule has 268 valence electrons. The zero-order valence-corrected chi connectivity index (χ0v) is 30.6. The lowest BCUT2D eigenvalue weighted by atomic mass is 10.0. The van der Waals surface area contributed by atoms with Gasteiger partial charge in [-0.1, -0.05) is 166 Å². The maximum absolute atomic E-state index is 12.6. The van der Waals surface area contributed by atoms with E-state index in [0.29, 0.717) is 12.8 Å². The van der Waals surface area contributed by atoms with Gasteiger partial charge in [0.1, 0.15) is 6.10 Å². The van der Waals surface area contributed by atoms with E-state index < -0.39 is 5.97 Å². The van der Waals surface area contributed by atoms with E-state index in [1.807, 2.05) is 0 Å². The molecule has 4 heteroatoms. The molecule has 0 aliphatic carbocycles. The Morgan fingerprint density at radius 3 is 1.41 bits per heavy atom. The zero-order chi connectivity index (χ0) is 33.6. The molecule has 0 radical (unpaired) electrons. The maximum atomic E-state index is 12.6. The Labute approximate surface area is 286 Å². The van der Waals surface area contributed by atoms with Crippen molar-refractivity contribution in [2.75, 3.05) is 0 Å². The highest BCUT2D eigenvalue weighted by Gasteiger charge is 2.14. The smallest absolute Gasteiger partial charge is 0.306 e. The summed E-state index contributed by atoms with van der Waals surface area (Å²) >= 11 is 0. The van der Waals surface area contributed by atoms with E-state index in [4.69, 9.17) is 9.84 Å².